The maximum absolute atomic E-state index is 12.5. The van der Waals surface area contributed by atoms with Gasteiger partial charge in [0.2, 0.25) is 11.8 Å². The normalized spacial score (nSPS) is 13.8. The van der Waals surface area contributed by atoms with Gasteiger partial charge in [-0.2, -0.15) is 13.2 Å². The first-order valence-corrected chi connectivity index (χ1v) is 7.21. The van der Waals surface area contributed by atoms with Crippen LogP contribution in [0.4, 0.5) is 13.2 Å². The number of carboxylic acid groups (broad SMARTS) is 1. The predicted molar refractivity (Wildman–Crippen MR) is 81.1 cm³/mol. The third-order valence-electron chi connectivity index (χ3n) is 3.28. The number of primary amides is 1. The van der Waals surface area contributed by atoms with Crippen LogP contribution in [0.25, 0.3) is 0 Å². The number of carboxylic acids is 1. The predicted octanol–water partition coefficient (Wildman–Crippen LogP) is 0.628. The molecule has 5 N–H and O–H groups in total. The van der Waals surface area contributed by atoms with Gasteiger partial charge in [-0.15, -0.1) is 0 Å². The summed E-state index contributed by atoms with van der Waals surface area (Å²) in [5.74, 6) is -2.79. The Morgan fingerprint density at radius 1 is 1.20 bits per heavy atom. The molecule has 25 heavy (non-hydrogen) atoms. The highest BCUT2D eigenvalue weighted by atomic mass is 19.4. The average Bonchev–Trinajstić information content (AvgIpc) is 2.50. The van der Waals surface area contributed by atoms with E-state index in [0.717, 1.165) is 12.1 Å². The number of nitrogens with one attached hydrogen (secondary N) is 2. The van der Waals surface area contributed by atoms with E-state index in [1.165, 1.54) is 19.1 Å². The van der Waals surface area contributed by atoms with E-state index in [0.29, 0.717) is 5.56 Å². The second kappa shape index (κ2) is 8.47. The van der Waals surface area contributed by atoms with Crippen LogP contribution in [-0.4, -0.2) is 35.0 Å². The highest BCUT2D eigenvalue weighted by molar-refractivity contribution is 5.90. The fourth-order valence-electron chi connectivity index (χ4n) is 1.89. The number of benzene rings is 1. The minimum Gasteiger partial charge on any atom is -0.480 e. The Hall–Kier alpha value is -2.62. The number of carbonyl (C=O) groups excluding carboxylic acids is 2. The van der Waals surface area contributed by atoms with Crippen LogP contribution in [0.5, 0.6) is 0 Å². The Morgan fingerprint density at radius 2 is 1.76 bits per heavy atom. The van der Waals surface area contributed by atoms with Crippen LogP contribution in [0, 0.1) is 0 Å². The summed E-state index contributed by atoms with van der Waals surface area (Å²) in [6.07, 6.45) is -4.84. The molecule has 1 aromatic carbocycles. The number of nitrogens with two attached hydrogens (primary N) is 1. The molecule has 0 heterocycles. The molecule has 0 unspecified atom stereocenters. The van der Waals surface area contributed by atoms with E-state index in [1.54, 1.807) is 0 Å². The highest BCUT2D eigenvalue weighted by Gasteiger charge is 2.30. The van der Waals surface area contributed by atoms with Gasteiger partial charge in [-0.3, -0.25) is 14.4 Å². The third kappa shape index (κ3) is 6.79. The number of halogens is 3. The fourth-order valence-corrected chi connectivity index (χ4v) is 1.89. The van der Waals surface area contributed by atoms with E-state index in [2.05, 4.69) is 10.6 Å². The van der Waals surface area contributed by atoms with Crippen molar-refractivity contribution in [1.82, 2.24) is 10.6 Å². The van der Waals surface area contributed by atoms with Crippen molar-refractivity contribution in [2.45, 2.75) is 38.1 Å². The number of hydrogen-bond donors (Lipinski definition) is 4. The minimum atomic E-state index is -4.45. The summed E-state index contributed by atoms with van der Waals surface area (Å²) in [6, 6.07) is 1.97. The molecule has 138 valence electrons. The summed E-state index contributed by atoms with van der Waals surface area (Å²) in [4.78, 5) is 33.8. The highest BCUT2D eigenvalue weighted by Crippen LogP contribution is 2.29. The minimum absolute atomic E-state index is 0.00897. The van der Waals surface area contributed by atoms with Crippen LogP contribution in [0.1, 0.15) is 24.5 Å². The summed E-state index contributed by atoms with van der Waals surface area (Å²) in [5, 5.41) is 13.7. The molecule has 2 atom stereocenters. The number of rotatable bonds is 8. The smallest absolute Gasteiger partial charge is 0.416 e. The Labute approximate surface area is 141 Å². The van der Waals surface area contributed by atoms with Gasteiger partial charge < -0.3 is 21.5 Å². The number of hydrogen-bond acceptors (Lipinski definition) is 4. The standard InChI is InChI=1S/C15H18F3N3O4/c1-8(14(24)25)21-13(23)11(6-12(19)22)20-7-9-2-4-10(5-3-9)15(16,17)18/h2-5,8,11,20H,6-7H2,1H3,(H2,19,22)(H,21,23)(H,24,25)/t8-,11-/m0/s1. The monoisotopic (exact) mass is 361 g/mol. The zero-order chi connectivity index (χ0) is 19.2. The maximum Gasteiger partial charge on any atom is 0.416 e. The van der Waals surface area contributed by atoms with Crippen molar-refractivity contribution < 1.29 is 32.7 Å². The molecule has 10 heteroatoms. The van der Waals surface area contributed by atoms with Gasteiger partial charge in [0, 0.05) is 6.54 Å². The molecule has 0 saturated heterocycles. The van der Waals surface area contributed by atoms with Gasteiger partial charge in [-0.25, -0.2) is 0 Å². The Bertz CT molecular complexity index is 632. The molecule has 0 aliphatic heterocycles. The SMILES string of the molecule is C[C@H](NC(=O)[C@H](CC(N)=O)NCc1ccc(C(F)(F)F)cc1)C(=O)O. The topological polar surface area (TPSA) is 122 Å². The van der Waals surface area contributed by atoms with E-state index in [9.17, 15) is 27.6 Å². The lowest BCUT2D eigenvalue weighted by Gasteiger charge is -2.19. The summed E-state index contributed by atoms with van der Waals surface area (Å²) >= 11 is 0. The van der Waals surface area contributed by atoms with Crippen molar-refractivity contribution in [1.29, 1.82) is 0 Å². The van der Waals surface area contributed by atoms with Gasteiger partial charge in [0.25, 0.3) is 0 Å². The zero-order valence-electron chi connectivity index (χ0n) is 13.3. The van der Waals surface area contributed by atoms with Crippen molar-refractivity contribution in [3.05, 3.63) is 35.4 Å². The number of alkyl halides is 3. The first kappa shape index (κ1) is 20.4. The Kier molecular flexibility index (Phi) is 6.92. The van der Waals surface area contributed by atoms with E-state index >= 15 is 0 Å². The molecular weight excluding hydrogens is 343 g/mol. The molecule has 0 spiro atoms. The largest absolute Gasteiger partial charge is 0.480 e. The number of aliphatic carboxylic acids is 1. The van der Waals surface area contributed by atoms with Crippen molar-refractivity contribution >= 4 is 17.8 Å². The molecule has 1 rings (SSSR count). The summed E-state index contributed by atoms with van der Waals surface area (Å²) in [5.41, 5.74) is 4.70. The Morgan fingerprint density at radius 3 is 2.20 bits per heavy atom. The fraction of sp³-hybridized carbons (Fsp3) is 0.400. The summed E-state index contributed by atoms with van der Waals surface area (Å²) < 4.78 is 37.5. The lowest BCUT2D eigenvalue weighted by atomic mass is 10.1. The van der Waals surface area contributed by atoms with Crippen LogP contribution in [0.15, 0.2) is 24.3 Å². The molecule has 0 radical (unpaired) electrons. The van der Waals surface area contributed by atoms with Crippen molar-refractivity contribution in [2.75, 3.05) is 0 Å². The van der Waals surface area contributed by atoms with Crippen LogP contribution in [-0.2, 0) is 27.1 Å². The van der Waals surface area contributed by atoms with Gasteiger partial charge in [0.1, 0.15) is 6.04 Å². The van der Waals surface area contributed by atoms with E-state index in [1.807, 2.05) is 0 Å². The van der Waals surface area contributed by atoms with Crippen LogP contribution in [0.2, 0.25) is 0 Å². The molecule has 0 aliphatic rings. The van der Waals surface area contributed by atoms with Crippen molar-refractivity contribution in [3.63, 3.8) is 0 Å². The molecule has 0 bridgehead atoms. The lowest BCUT2D eigenvalue weighted by molar-refractivity contribution is -0.141. The van der Waals surface area contributed by atoms with Crippen LogP contribution < -0.4 is 16.4 Å². The first-order chi connectivity index (χ1) is 11.5. The molecule has 0 aromatic heterocycles. The molecule has 7 nitrogen and oxygen atoms in total. The quantitative estimate of drug-likeness (QED) is 0.541. The summed E-state index contributed by atoms with van der Waals surface area (Å²) in [6.45, 7) is 1.24. The van der Waals surface area contributed by atoms with Gasteiger partial charge in [-0.05, 0) is 24.6 Å². The van der Waals surface area contributed by atoms with Gasteiger partial charge in [0.05, 0.1) is 18.0 Å². The second-order valence-electron chi connectivity index (χ2n) is 5.37. The van der Waals surface area contributed by atoms with Crippen molar-refractivity contribution in [2.24, 2.45) is 5.73 Å². The molecule has 2 amide bonds. The van der Waals surface area contributed by atoms with Gasteiger partial charge in [0.15, 0.2) is 0 Å². The zero-order valence-corrected chi connectivity index (χ0v) is 13.3. The maximum atomic E-state index is 12.5. The number of carbonyl (C=O) groups is 3. The molecule has 1 aromatic rings. The van der Waals surface area contributed by atoms with Crippen LogP contribution >= 0.6 is 0 Å². The van der Waals surface area contributed by atoms with E-state index in [-0.39, 0.29) is 6.54 Å². The van der Waals surface area contributed by atoms with Crippen LogP contribution in [0.3, 0.4) is 0 Å². The first-order valence-electron chi connectivity index (χ1n) is 7.21. The van der Waals surface area contributed by atoms with Crippen molar-refractivity contribution in [3.8, 4) is 0 Å². The second-order valence-corrected chi connectivity index (χ2v) is 5.37. The van der Waals surface area contributed by atoms with E-state index < -0.39 is 48.0 Å². The number of amides is 2. The lowest BCUT2D eigenvalue weighted by Crippen LogP contribution is -2.50. The van der Waals surface area contributed by atoms with Gasteiger partial charge >= 0.3 is 12.1 Å². The molecule has 0 saturated carbocycles. The summed E-state index contributed by atoms with van der Waals surface area (Å²) in [7, 11) is 0. The van der Waals surface area contributed by atoms with Gasteiger partial charge in [-0.1, -0.05) is 12.1 Å². The molecular formula is C15H18F3N3O4. The molecule has 0 fully saturated rings. The Balaban J connectivity index is 2.74. The molecule has 0 aliphatic carbocycles. The van der Waals surface area contributed by atoms with E-state index in [4.69, 9.17) is 10.8 Å². The average molecular weight is 361 g/mol. The third-order valence-corrected chi connectivity index (χ3v) is 3.28.